The van der Waals surface area contributed by atoms with Crippen molar-refractivity contribution < 1.29 is 13.0 Å². The predicted octanol–water partition coefficient (Wildman–Crippen LogP) is 4.98. The van der Waals surface area contributed by atoms with Gasteiger partial charge in [-0.15, -0.1) is 0 Å². The van der Waals surface area contributed by atoms with Crippen molar-refractivity contribution in [1.82, 2.24) is 6.15 Å². The van der Waals surface area contributed by atoms with Crippen molar-refractivity contribution in [3.05, 3.63) is 0 Å². The minimum Gasteiger partial charge on any atom is -0.344 e. The van der Waals surface area contributed by atoms with E-state index in [1.807, 2.05) is 6.92 Å². The second kappa shape index (κ2) is 10.6. The largest absolute Gasteiger partial charge is 0.344 e. The molecular formula is C15H35NO3S. The van der Waals surface area contributed by atoms with Gasteiger partial charge in [0.25, 0.3) is 10.1 Å². The maximum Gasteiger partial charge on any atom is 0.270 e. The maximum absolute atomic E-state index is 12.0. The van der Waals surface area contributed by atoms with E-state index in [0.717, 1.165) is 44.9 Å². The van der Waals surface area contributed by atoms with E-state index in [1.54, 1.807) is 0 Å². The molecule has 0 saturated carbocycles. The summed E-state index contributed by atoms with van der Waals surface area (Å²) in [6, 6.07) is 0. The van der Waals surface area contributed by atoms with Crippen LogP contribution in [0.5, 0.6) is 0 Å². The van der Waals surface area contributed by atoms with Crippen molar-refractivity contribution in [1.29, 1.82) is 0 Å². The second-order valence-electron chi connectivity index (χ2n) is 5.79. The molecule has 124 valence electrons. The summed E-state index contributed by atoms with van der Waals surface area (Å²) in [5, 5.41) is 0. The van der Waals surface area contributed by atoms with Crippen molar-refractivity contribution in [3.63, 3.8) is 0 Å². The SMILES string of the molecule is CCCCC(C)C(CCCC)(CCCC)S(=O)(=O)O.N. The van der Waals surface area contributed by atoms with Crippen LogP contribution in [-0.2, 0) is 10.1 Å². The summed E-state index contributed by atoms with van der Waals surface area (Å²) in [6.45, 7) is 8.23. The van der Waals surface area contributed by atoms with Crippen LogP contribution in [0.4, 0.5) is 0 Å². The molecule has 1 unspecified atom stereocenters. The van der Waals surface area contributed by atoms with E-state index in [0.29, 0.717) is 12.8 Å². The van der Waals surface area contributed by atoms with E-state index in [-0.39, 0.29) is 12.1 Å². The first-order valence-electron chi connectivity index (χ1n) is 7.82. The van der Waals surface area contributed by atoms with Crippen LogP contribution in [0, 0.1) is 5.92 Å². The first kappa shape index (κ1) is 22.2. The van der Waals surface area contributed by atoms with Gasteiger partial charge in [-0.1, -0.05) is 66.2 Å². The Morgan fingerprint density at radius 1 is 0.950 bits per heavy atom. The molecule has 0 aromatic rings. The van der Waals surface area contributed by atoms with E-state index in [4.69, 9.17) is 0 Å². The highest BCUT2D eigenvalue weighted by atomic mass is 32.2. The van der Waals surface area contributed by atoms with Crippen molar-refractivity contribution in [3.8, 4) is 0 Å². The van der Waals surface area contributed by atoms with Crippen molar-refractivity contribution in [2.45, 2.75) is 90.2 Å². The summed E-state index contributed by atoms with van der Waals surface area (Å²) in [7, 11) is -4.00. The first-order valence-corrected chi connectivity index (χ1v) is 9.26. The molecule has 0 bridgehead atoms. The van der Waals surface area contributed by atoms with Gasteiger partial charge in [0.05, 0.1) is 4.75 Å². The molecule has 4 nitrogen and oxygen atoms in total. The van der Waals surface area contributed by atoms with Gasteiger partial charge < -0.3 is 6.15 Å². The third kappa shape index (κ3) is 6.10. The summed E-state index contributed by atoms with van der Waals surface area (Å²) in [4.78, 5) is 0. The molecule has 0 fully saturated rings. The molecule has 0 spiro atoms. The molecule has 0 rings (SSSR count). The van der Waals surface area contributed by atoms with Crippen LogP contribution in [0.2, 0.25) is 0 Å². The number of hydrogen-bond acceptors (Lipinski definition) is 3. The van der Waals surface area contributed by atoms with Gasteiger partial charge in [0, 0.05) is 0 Å². The monoisotopic (exact) mass is 309 g/mol. The number of hydrogen-bond donors (Lipinski definition) is 2. The molecule has 0 radical (unpaired) electrons. The Hall–Kier alpha value is -0.130. The Balaban J connectivity index is 0. The standard InChI is InChI=1S/C15H32O3S.H3N/c1-5-8-11-14(4)15(12-9-6-2,13-10-7-3)19(16,17)18;/h14H,5-13H2,1-4H3,(H,16,17,18);1H3. The molecule has 1 atom stereocenters. The highest BCUT2D eigenvalue weighted by Crippen LogP contribution is 2.39. The Morgan fingerprint density at radius 3 is 1.65 bits per heavy atom. The van der Waals surface area contributed by atoms with E-state index in [2.05, 4.69) is 20.8 Å². The molecule has 20 heavy (non-hydrogen) atoms. The molecule has 0 aliphatic carbocycles. The van der Waals surface area contributed by atoms with Gasteiger partial charge in [-0.05, 0) is 25.2 Å². The van der Waals surface area contributed by atoms with Gasteiger partial charge in [-0.25, -0.2) is 0 Å². The number of rotatable bonds is 11. The fourth-order valence-electron chi connectivity index (χ4n) is 2.86. The summed E-state index contributed by atoms with van der Waals surface area (Å²) < 4.78 is 33.0. The maximum atomic E-state index is 12.0. The molecule has 0 aromatic heterocycles. The Morgan fingerprint density at radius 2 is 1.35 bits per heavy atom. The minimum atomic E-state index is -4.00. The fraction of sp³-hybridized carbons (Fsp3) is 1.00. The van der Waals surface area contributed by atoms with E-state index < -0.39 is 14.9 Å². The third-order valence-electron chi connectivity index (χ3n) is 4.31. The van der Waals surface area contributed by atoms with Gasteiger partial charge in [0.15, 0.2) is 0 Å². The van der Waals surface area contributed by atoms with Crippen LogP contribution in [-0.4, -0.2) is 17.7 Å². The highest BCUT2D eigenvalue weighted by molar-refractivity contribution is 7.87. The van der Waals surface area contributed by atoms with Crippen LogP contribution in [0.3, 0.4) is 0 Å². The summed E-state index contributed by atoms with van der Waals surface area (Å²) in [5.74, 6) is 0.0283. The topological polar surface area (TPSA) is 89.4 Å². The Kier molecular flexibility index (Phi) is 11.7. The van der Waals surface area contributed by atoms with Gasteiger partial charge in [0.2, 0.25) is 0 Å². The lowest BCUT2D eigenvalue weighted by molar-refractivity contribution is 0.278. The molecule has 5 heteroatoms. The zero-order valence-electron chi connectivity index (χ0n) is 13.8. The molecule has 0 saturated heterocycles. The molecule has 0 aliphatic rings. The van der Waals surface area contributed by atoms with Crippen LogP contribution >= 0.6 is 0 Å². The summed E-state index contributed by atoms with van der Waals surface area (Å²) >= 11 is 0. The van der Waals surface area contributed by atoms with Crippen LogP contribution < -0.4 is 6.15 Å². The van der Waals surface area contributed by atoms with Crippen molar-refractivity contribution in [2.24, 2.45) is 5.92 Å². The van der Waals surface area contributed by atoms with Crippen LogP contribution in [0.15, 0.2) is 0 Å². The lowest BCUT2D eigenvalue weighted by Crippen LogP contribution is -2.44. The van der Waals surface area contributed by atoms with Gasteiger partial charge in [0.1, 0.15) is 0 Å². The first-order chi connectivity index (χ1) is 8.85. The van der Waals surface area contributed by atoms with Crippen molar-refractivity contribution >= 4 is 10.1 Å². The lowest BCUT2D eigenvalue weighted by Gasteiger charge is -2.36. The van der Waals surface area contributed by atoms with Crippen molar-refractivity contribution in [2.75, 3.05) is 0 Å². The average molecular weight is 310 g/mol. The normalized spacial score (nSPS) is 13.8. The smallest absolute Gasteiger partial charge is 0.270 e. The molecule has 0 heterocycles. The molecule has 0 aromatic carbocycles. The molecule has 0 amide bonds. The molecule has 4 N–H and O–H groups in total. The number of unbranched alkanes of at least 4 members (excludes halogenated alkanes) is 3. The Bertz CT molecular complexity index is 320. The average Bonchev–Trinajstić information content (AvgIpc) is 2.35. The third-order valence-corrected chi connectivity index (χ3v) is 6.15. The fourth-order valence-corrected chi connectivity index (χ4v) is 4.29. The van der Waals surface area contributed by atoms with Gasteiger partial charge in [-0.3, -0.25) is 4.55 Å². The van der Waals surface area contributed by atoms with Crippen LogP contribution in [0.1, 0.15) is 85.5 Å². The van der Waals surface area contributed by atoms with Gasteiger partial charge in [-0.2, -0.15) is 8.42 Å². The summed E-state index contributed by atoms with van der Waals surface area (Å²) in [6.07, 6.45) is 7.79. The highest BCUT2D eigenvalue weighted by Gasteiger charge is 2.45. The van der Waals surface area contributed by atoms with Crippen LogP contribution in [0.25, 0.3) is 0 Å². The van der Waals surface area contributed by atoms with E-state index >= 15 is 0 Å². The van der Waals surface area contributed by atoms with Gasteiger partial charge >= 0.3 is 0 Å². The van der Waals surface area contributed by atoms with E-state index in [1.165, 1.54) is 0 Å². The minimum absolute atomic E-state index is 0. The molecular weight excluding hydrogens is 274 g/mol. The molecule has 0 aliphatic heterocycles. The summed E-state index contributed by atoms with van der Waals surface area (Å²) in [5.41, 5.74) is 0. The Labute approximate surface area is 126 Å². The second-order valence-corrected chi connectivity index (χ2v) is 7.55. The van der Waals surface area contributed by atoms with E-state index in [9.17, 15) is 13.0 Å². The quantitative estimate of drug-likeness (QED) is 0.526. The zero-order chi connectivity index (χ0) is 14.9. The zero-order valence-corrected chi connectivity index (χ0v) is 14.6. The lowest BCUT2D eigenvalue weighted by atomic mass is 9.81. The predicted molar refractivity (Wildman–Crippen MR) is 87.0 cm³/mol.